The Bertz CT molecular complexity index is 675. The molecule has 0 saturated carbocycles. The second kappa shape index (κ2) is 6.21. The summed E-state index contributed by atoms with van der Waals surface area (Å²) in [5, 5.41) is 2.47. The first-order valence-electron chi connectivity index (χ1n) is 6.29. The van der Waals surface area contributed by atoms with Crippen molar-refractivity contribution >= 4 is 17.3 Å². The summed E-state index contributed by atoms with van der Waals surface area (Å²) in [6, 6.07) is 7.70. The largest absolute Gasteiger partial charge is 0.494 e. The minimum absolute atomic E-state index is 0.152. The highest BCUT2D eigenvalue weighted by Gasteiger charge is 2.10. The first kappa shape index (κ1) is 14.8. The van der Waals surface area contributed by atoms with E-state index in [1.54, 1.807) is 6.07 Å². The highest BCUT2D eigenvalue weighted by atomic mass is 19.2. The summed E-state index contributed by atoms with van der Waals surface area (Å²) in [6.45, 7) is 2.25. The van der Waals surface area contributed by atoms with Gasteiger partial charge in [-0.25, -0.2) is 8.78 Å². The lowest BCUT2D eigenvalue weighted by Gasteiger charge is -2.09. The van der Waals surface area contributed by atoms with Crippen LogP contribution in [0.25, 0.3) is 0 Å². The van der Waals surface area contributed by atoms with E-state index in [2.05, 4.69) is 5.32 Å². The Balaban J connectivity index is 2.21. The quantitative estimate of drug-likeness (QED) is 0.851. The van der Waals surface area contributed by atoms with Crippen LogP contribution in [-0.2, 0) is 0 Å². The smallest absolute Gasteiger partial charge is 0.255 e. The van der Waals surface area contributed by atoms with Crippen LogP contribution in [0.5, 0.6) is 5.75 Å². The average molecular weight is 292 g/mol. The number of carbonyl (C=O) groups excluding carboxylic acids is 1. The van der Waals surface area contributed by atoms with Gasteiger partial charge in [-0.3, -0.25) is 4.79 Å². The monoisotopic (exact) mass is 292 g/mol. The Hall–Kier alpha value is -2.63. The maximum atomic E-state index is 13.1. The number of halogens is 2. The number of amides is 1. The van der Waals surface area contributed by atoms with Gasteiger partial charge < -0.3 is 15.8 Å². The van der Waals surface area contributed by atoms with Crippen LogP contribution in [-0.4, -0.2) is 12.5 Å². The standard InChI is InChI=1S/C15H14F2N2O2/c1-2-21-12-6-9(5-10(18)7-12)15(20)19-11-3-4-13(16)14(17)8-11/h3-8H,2,18H2,1H3,(H,19,20). The zero-order chi connectivity index (χ0) is 15.4. The van der Waals surface area contributed by atoms with Crippen molar-refractivity contribution in [3.05, 3.63) is 53.6 Å². The van der Waals surface area contributed by atoms with Crippen LogP contribution in [0.4, 0.5) is 20.2 Å². The molecule has 0 unspecified atom stereocenters. The zero-order valence-electron chi connectivity index (χ0n) is 11.3. The highest BCUT2D eigenvalue weighted by molar-refractivity contribution is 6.05. The Kier molecular flexibility index (Phi) is 4.37. The molecule has 0 saturated heterocycles. The number of hydrogen-bond acceptors (Lipinski definition) is 3. The van der Waals surface area contributed by atoms with Gasteiger partial charge in [-0.15, -0.1) is 0 Å². The van der Waals surface area contributed by atoms with Gasteiger partial charge in [0, 0.05) is 29.1 Å². The van der Waals surface area contributed by atoms with Crippen molar-refractivity contribution < 1.29 is 18.3 Å². The predicted molar refractivity (Wildman–Crippen MR) is 76.3 cm³/mol. The number of anilines is 2. The fourth-order valence-electron chi connectivity index (χ4n) is 1.78. The molecule has 0 aromatic heterocycles. The van der Waals surface area contributed by atoms with Crippen LogP contribution >= 0.6 is 0 Å². The lowest BCUT2D eigenvalue weighted by Crippen LogP contribution is -2.13. The van der Waals surface area contributed by atoms with E-state index in [1.165, 1.54) is 18.2 Å². The summed E-state index contributed by atoms with van der Waals surface area (Å²) in [5.74, 6) is -2.03. The molecule has 0 aliphatic heterocycles. The zero-order valence-corrected chi connectivity index (χ0v) is 11.3. The molecule has 0 spiro atoms. The van der Waals surface area contributed by atoms with E-state index in [4.69, 9.17) is 10.5 Å². The third kappa shape index (κ3) is 3.68. The lowest BCUT2D eigenvalue weighted by atomic mass is 10.1. The van der Waals surface area contributed by atoms with E-state index in [-0.39, 0.29) is 11.3 Å². The molecule has 0 bridgehead atoms. The van der Waals surface area contributed by atoms with Crippen molar-refractivity contribution in [2.75, 3.05) is 17.7 Å². The van der Waals surface area contributed by atoms with Gasteiger partial charge in [0.05, 0.1) is 6.61 Å². The normalized spacial score (nSPS) is 10.2. The van der Waals surface area contributed by atoms with E-state index in [0.717, 1.165) is 12.1 Å². The molecule has 2 rings (SSSR count). The van der Waals surface area contributed by atoms with Crippen molar-refractivity contribution in [2.24, 2.45) is 0 Å². The predicted octanol–water partition coefficient (Wildman–Crippen LogP) is 3.20. The minimum atomic E-state index is -1.03. The van der Waals surface area contributed by atoms with Gasteiger partial charge in [0.25, 0.3) is 5.91 Å². The summed E-state index contributed by atoms with van der Waals surface area (Å²) in [6.07, 6.45) is 0. The van der Waals surface area contributed by atoms with E-state index < -0.39 is 17.5 Å². The number of hydrogen-bond donors (Lipinski definition) is 2. The van der Waals surface area contributed by atoms with E-state index >= 15 is 0 Å². The van der Waals surface area contributed by atoms with Crippen LogP contribution in [0.2, 0.25) is 0 Å². The molecule has 4 nitrogen and oxygen atoms in total. The molecule has 21 heavy (non-hydrogen) atoms. The molecular weight excluding hydrogens is 278 g/mol. The van der Waals surface area contributed by atoms with Gasteiger partial charge >= 0.3 is 0 Å². The third-order valence-corrected chi connectivity index (χ3v) is 2.68. The fourth-order valence-corrected chi connectivity index (χ4v) is 1.78. The second-order valence-electron chi connectivity index (χ2n) is 4.31. The number of nitrogens with one attached hydrogen (secondary N) is 1. The van der Waals surface area contributed by atoms with Gasteiger partial charge in [0.2, 0.25) is 0 Å². The van der Waals surface area contributed by atoms with E-state index in [9.17, 15) is 13.6 Å². The van der Waals surface area contributed by atoms with Crippen LogP contribution in [0.3, 0.4) is 0 Å². The minimum Gasteiger partial charge on any atom is -0.494 e. The maximum Gasteiger partial charge on any atom is 0.255 e. The van der Waals surface area contributed by atoms with Crippen molar-refractivity contribution in [3.63, 3.8) is 0 Å². The topological polar surface area (TPSA) is 64.3 Å². The van der Waals surface area contributed by atoms with Crippen LogP contribution in [0.15, 0.2) is 36.4 Å². The van der Waals surface area contributed by atoms with Gasteiger partial charge in [0.15, 0.2) is 11.6 Å². The lowest BCUT2D eigenvalue weighted by molar-refractivity contribution is 0.102. The van der Waals surface area contributed by atoms with Gasteiger partial charge in [-0.2, -0.15) is 0 Å². The molecule has 0 radical (unpaired) electrons. The van der Waals surface area contributed by atoms with Crippen molar-refractivity contribution in [3.8, 4) is 5.75 Å². The van der Waals surface area contributed by atoms with Gasteiger partial charge in [-0.05, 0) is 31.2 Å². The van der Waals surface area contributed by atoms with Crippen molar-refractivity contribution in [1.29, 1.82) is 0 Å². The Morgan fingerprint density at radius 3 is 2.62 bits per heavy atom. The summed E-state index contributed by atoms with van der Waals surface area (Å²) in [7, 11) is 0. The molecule has 1 amide bonds. The highest BCUT2D eigenvalue weighted by Crippen LogP contribution is 2.20. The number of ether oxygens (including phenoxy) is 1. The number of rotatable bonds is 4. The number of nitrogens with two attached hydrogens (primary N) is 1. The first-order valence-corrected chi connectivity index (χ1v) is 6.29. The summed E-state index contributed by atoms with van der Waals surface area (Å²) < 4.78 is 31.2. The SMILES string of the molecule is CCOc1cc(N)cc(C(=O)Nc2ccc(F)c(F)c2)c1. The summed E-state index contributed by atoms with van der Waals surface area (Å²) in [4.78, 5) is 12.1. The number of nitrogen functional groups attached to an aromatic ring is 1. The van der Waals surface area contributed by atoms with Crippen molar-refractivity contribution in [1.82, 2.24) is 0 Å². The number of carbonyl (C=O) groups is 1. The van der Waals surface area contributed by atoms with Crippen LogP contribution < -0.4 is 15.8 Å². The molecule has 0 atom stereocenters. The molecule has 2 aromatic carbocycles. The molecular formula is C15H14F2N2O2. The fraction of sp³-hybridized carbons (Fsp3) is 0.133. The van der Waals surface area contributed by atoms with E-state index in [1.807, 2.05) is 6.92 Å². The average Bonchev–Trinajstić information content (AvgIpc) is 2.42. The third-order valence-electron chi connectivity index (χ3n) is 2.68. The van der Waals surface area contributed by atoms with E-state index in [0.29, 0.717) is 18.0 Å². The first-order chi connectivity index (χ1) is 9.99. The molecule has 0 heterocycles. The van der Waals surface area contributed by atoms with Gasteiger partial charge in [-0.1, -0.05) is 0 Å². The molecule has 0 aliphatic carbocycles. The number of benzene rings is 2. The maximum absolute atomic E-state index is 13.1. The Morgan fingerprint density at radius 1 is 1.19 bits per heavy atom. The van der Waals surface area contributed by atoms with Crippen molar-refractivity contribution in [2.45, 2.75) is 6.92 Å². The molecule has 0 fully saturated rings. The summed E-state index contributed by atoms with van der Waals surface area (Å²) >= 11 is 0. The molecule has 110 valence electrons. The Morgan fingerprint density at radius 2 is 1.95 bits per heavy atom. The molecule has 2 aromatic rings. The second-order valence-corrected chi connectivity index (χ2v) is 4.31. The van der Waals surface area contributed by atoms with Crippen LogP contribution in [0, 0.1) is 11.6 Å². The molecule has 0 aliphatic rings. The Labute approximate surface area is 120 Å². The molecule has 6 heteroatoms. The summed E-state index contributed by atoms with van der Waals surface area (Å²) in [5.41, 5.74) is 6.49. The van der Waals surface area contributed by atoms with Crippen LogP contribution in [0.1, 0.15) is 17.3 Å². The molecule has 3 N–H and O–H groups in total. The van der Waals surface area contributed by atoms with Gasteiger partial charge in [0.1, 0.15) is 5.75 Å².